The van der Waals surface area contributed by atoms with Crippen LogP contribution in [0.2, 0.25) is 0 Å². The molecule has 2 aromatic carbocycles. The maximum absolute atomic E-state index is 12.7. The van der Waals surface area contributed by atoms with Crippen LogP contribution in [0.3, 0.4) is 0 Å². The molecule has 0 fully saturated rings. The molecule has 0 spiro atoms. The van der Waals surface area contributed by atoms with Crippen LogP contribution in [-0.2, 0) is 14.4 Å². The number of ether oxygens (including phenoxy) is 1. The van der Waals surface area contributed by atoms with Gasteiger partial charge < -0.3 is 20.5 Å². The molecule has 1 aromatic heterocycles. The van der Waals surface area contributed by atoms with E-state index in [0.29, 0.717) is 27.9 Å². The highest BCUT2D eigenvalue weighted by atomic mass is 32.2. The molecular formula is C25H27N5O4S. The number of benzene rings is 2. The third-order valence-corrected chi connectivity index (χ3v) is 6.11. The first-order chi connectivity index (χ1) is 16.8. The summed E-state index contributed by atoms with van der Waals surface area (Å²) in [6.07, 6.45) is 0.800. The maximum atomic E-state index is 12.7. The molecule has 0 aliphatic heterocycles. The van der Waals surface area contributed by atoms with E-state index in [1.54, 1.807) is 37.4 Å². The summed E-state index contributed by atoms with van der Waals surface area (Å²) in [5.41, 5.74) is 2.07. The summed E-state index contributed by atoms with van der Waals surface area (Å²) >= 11 is 0. The van der Waals surface area contributed by atoms with Crippen molar-refractivity contribution < 1.29 is 18.8 Å². The minimum Gasteiger partial charge on any atom is -0.449 e. The van der Waals surface area contributed by atoms with Gasteiger partial charge in [-0.2, -0.15) is 4.98 Å². The third kappa shape index (κ3) is 7.46. The molecule has 0 saturated heterocycles. The lowest BCUT2D eigenvalue weighted by Gasteiger charge is -2.15. The quantitative estimate of drug-likeness (QED) is 0.279. The van der Waals surface area contributed by atoms with Gasteiger partial charge in [-0.3, -0.25) is 0 Å². The summed E-state index contributed by atoms with van der Waals surface area (Å²) in [6.45, 7) is 3.56. The minimum atomic E-state index is -3.06. The van der Waals surface area contributed by atoms with E-state index in [9.17, 15) is 14.1 Å². The number of amides is 1. The van der Waals surface area contributed by atoms with E-state index in [0.717, 1.165) is 5.56 Å². The van der Waals surface area contributed by atoms with Crippen molar-refractivity contribution in [2.24, 2.45) is 0 Å². The van der Waals surface area contributed by atoms with E-state index in [-0.39, 0.29) is 19.3 Å². The summed E-state index contributed by atoms with van der Waals surface area (Å²) in [4.78, 5) is 20.8. The highest BCUT2D eigenvalue weighted by Gasteiger charge is 2.13. The van der Waals surface area contributed by atoms with E-state index in [1.165, 1.54) is 0 Å². The van der Waals surface area contributed by atoms with Crippen molar-refractivity contribution in [3.8, 4) is 11.8 Å². The van der Waals surface area contributed by atoms with Crippen molar-refractivity contribution in [3.05, 3.63) is 71.9 Å². The lowest BCUT2D eigenvalue weighted by atomic mass is 10.2. The largest absolute Gasteiger partial charge is 0.449 e. The van der Waals surface area contributed by atoms with E-state index in [1.807, 2.05) is 37.3 Å². The van der Waals surface area contributed by atoms with Crippen LogP contribution in [0.25, 0.3) is 0 Å². The summed E-state index contributed by atoms with van der Waals surface area (Å²) in [5.74, 6) is 10.5. The molecular weight excluding hydrogens is 466 g/mol. The first kappa shape index (κ1) is 25.6. The average Bonchev–Trinajstić information content (AvgIpc) is 2.84. The Bertz CT molecular complexity index is 1320. The normalized spacial score (nSPS) is 12.9. The van der Waals surface area contributed by atoms with Crippen molar-refractivity contribution in [3.63, 3.8) is 0 Å². The Morgan fingerprint density at radius 3 is 2.54 bits per heavy atom. The van der Waals surface area contributed by atoms with Crippen molar-refractivity contribution in [2.45, 2.75) is 24.8 Å². The monoisotopic (exact) mass is 493 g/mol. The predicted octanol–water partition coefficient (Wildman–Crippen LogP) is 3.15. The molecule has 10 heteroatoms. The van der Waals surface area contributed by atoms with Crippen molar-refractivity contribution in [2.75, 3.05) is 23.8 Å². The van der Waals surface area contributed by atoms with E-state index in [2.05, 4.69) is 43.0 Å². The number of aliphatic hydroxyl groups is 1. The molecule has 1 unspecified atom stereocenters. The molecule has 35 heavy (non-hydrogen) atoms. The van der Waals surface area contributed by atoms with Gasteiger partial charge in [-0.15, -0.1) is 0 Å². The Morgan fingerprint density at radius 2 is 1.89 bits per heavy atom. The molecule has 0 bridgehead atoms. The fourth-order valence-corrected chi connectivity index (χ4v) is 3.85. The average molecular weight is 494 g/mol. The summed E-state index contributed by atoms with van der Waals surface area (Å²) in [7, 11) is -3.06. The van der Waals surface area contributed by atoms with Gasteiger partial charge in [-0.25, -0.2) is 18.7 Å². The lowest BCUT2D eigenvalue weighted by molar-refractivity contribution is 0.159. The Hall–Kier alpha value is -4.07. The topological polar surface area (TPSA) is 125 Å². The Kier molecular flexibility index (Phi) is 8.67. The number of aromatic nitrogens is 2. The van der Waals surface area contributed by atoms with E-state index >= 15 is 0 Å². The number of rotatable bonds is 8. The van der Waals surface area contributed by atoms with Gasteiger partial charge in [0, 0.05) is 22.2 Å². The van der Waals surface area contributed by atoms with Crippen LogP contribution in [0.15, 0.2) is 65.7 Å². The zero-order valence-corrected chi connectivity index (χ0v) is 20.3. The molecule has 1 heterocycles. The second kappa shape index (κ2) is 11.9. The maximum Gasteiger partial charge on any atom is 0.418 e. The fraction of sp³-hybridized carbons (Fsp3) is 0.200. The second-order valence-corrected chi connectivity index (χ2v) is 9.47. The SMILES string of the molecule is C=S(=O)(NC(=O)OCC)c1ccc(Nc2ncc(C#Cc3ccccc3)c(N[C@H](C)CO)n2)cc1. The van der Waals surface area contributed by atoms with Crippen molar-refractivity contribution in [1.82, 2.24) is 14.7 Å². The first-order valence-corrected chi connectivity index (χ1v) is 12.5. The smallest absolute Gasteiger partial charge is 0.418 e. The zero-order valence-electron chi connectivity index (χ0n) is 19.4. The van der Waals surface area contributed by atoms with Crippen LogP contribution in [0.1, 0.15) is 25.0 Å². The standard InChI is InChI=1S/C25H27N5O4S/c1-4-34-25(32)30-35(3,33)22-14-12-21(13-15-22)28-24-26-16-20(23(29-24)27-18(2)17-31)11-10-19-8-6-5-7-9-19/h5-9,12-16,18,31H,3-4,17H2,1-2H3,(H,30,32,33)(H2,26,27,28,29)/t18-,35?/m1/s1. The molecule has 3 aromatic rings. The molecule has 0 aliphatic rings. The zero-order chi connectivity index (χ0) is 25.3. The summed E-state index contributed by atoms with van der Waals surface area (Å²) in [5, 5.41) is 15.7. The predicted molar refractivity (Wildman–Crippen MR) is 138 cm³/mol. The molecule has 9 nitrogen and oxygen atoms in total. The third-order valence-electron chi connectivity index (χ3n) is 4.58. The van der Waals surface area contributed by atoms with Crippen LogP contribution >= 0.6 is 0 Å². The molecule has 4 N–H and O–H groups in total. The number of carbonyl (C=O) groups excluding carboxylic acids is 1. The Balaban J connectivity index is 1.80. The Labute approximate surface area is 205 Å². The highest BCUT2D eigenvalue weighted by Crippen LogP contribution is 2.20. The highest BCUT2D eigenvalue weighted by molar-refractivity contribution is 7.99. The van der Waals surface area contributed by atoms with Crippen LogP contribution in [0, 0.1) is 11.8 Å². The van der Waals surface area contributed by atoms with Crippen LogP contribution < -0.4 is 15.4 Å². The van der Waals surface area contributed by atoms with E-state index in [4.69, 9.17) is 4.74 Å². The summed E-state index contributed by atoms with van der Waals surface area (Å²) in [6, 6.07) is 15.8. The van der Waals surface area contributed by atoms with Gasteiger partial charge in [0.2, 0.25) is 5.95 Å². The minimum absolute atomic E-state index is 0.0794. The van der Waals surface area contributed by atoms with Crippen LogP contribution in [-0.4, -0.2) is 50.5 Å². The van der Waals surface area contributed by atoms with Crippen LogP contribution in [0.4, 0.5) is 22.2 Å². The molecule has 0 aliphatic carbocycles. The van der Waals surface area contributed by atoms with Gasteiger partial charge in [-0.05, 0) is 56.1 Å². The van der Waals surface area contributed by atoms with Gasteiger partial charge in [0.05, 0.1) is 34.7 Å². The summed E-state index contributed by atoms with van der Waals surface area (Å²) < 4.78 is 19.8. The van der Waals surface area contributed by atoms with Gasteiger partial charge in [0.25, 0.3) is 0 Å². The number of hydrogen-bond acceptors (Lipinski definition) is 8. The second-order valence-electron chi connectivity index (χ2n) is 7.45. The van der Waals surface area contributed by atoms with Crippen molar-refractivity contribution in [1.29, 1.82) is 0 Å². The molecule has 1 amide bonds. The number of aliphatic hydroxyl groups excluding tert-OH is 1. The van der Waals surface area contributed by atoms with Gasteiger partial charge in [0.15, 0.2) is 0 Å². The van der Waals surface area contributed by atoms with E-state index < -0.39 is 15.8 Å². The van der Waals surface area contributed by atoms with Crippen LogP contribution in [0.5, 0.6) is 0 Å². The van der Waals surface area contributed by atoms with Crippen molar-refractivity contribution >= 4 is 39.1 Å². The molecule has 3 rings (SSSR count). The molecule has 0 saturated carbocycles. The van der Waals surface area contributed by atoms with Gasteiger partial charge in [-0.1, -0.05) is 30.0 Å². The molecule has 182 valence electrons. The van der Waals surface area contributed by atoms with Gasteiger partial charge >= 0.3 is 6.09 Å². The molecule has 2 atom stereocenters. The van der Waals surface area contributed by atoms with Gasteiger partial charge in [0.1, 0.15) is 5.82 Å². The molecule has 0 radical (unpaired) electrons. The fourth-order valence-electron chi connectivity index (χ4n) is 2.82. The number of nitrogens with one attached hydrogen (secondary N) is 3. The number of nitrogens with zero attached hydrogens (tertiary/aromatic N) is 2. The number of hydrogen-bond donors (Lipinski definition) is 4. The number of anilines is 3. The Morgan fingerprint density at radius 1 is 1.17 bits per heavy atom. The first-order valence-electron chi connectivity index (χ1n) is 10.8. The number of carbonyl (C=O) groups is 1. The lowest BCUT2D eigenvalue weighted by Crippen LogP contribution is -2.30.